The molecule has 0 amide bonds. The summed E-state index contributed by atoms with van der Waals surface area (Å²) in [5.41, 5.74) is 10.1. The Kier molecular flexibility index (Phi) is 3.06. The Morgan fingerprint density at radius 3 is 2.38 bits per heavy atom. The van der Waals surface area contributed by atoms with Crippen molar-refractivity contribution in [3.8, 4) is 11.1 Å². The molecule has 1 heteroatoms. The van der Waals surface area contributed by atoms with Crippen molar-refractivity contribution in [2.45, 2.75) is 6.92 Å². The molecule has 0 radical (unpaired) electrons. The van der Waals surface area contributed by atoms with E-state index < -0.39 is 0 Å². The minimum atomic E-state index is 0.799. The summed E-state index contributed by atoms with van der Waals surface area (Å²) in [5, 5.41) is 0. The molecule has 2 N–H and O–H groups in total. The highest BCUT2D eigenvalue weighted by atomic mass is 14.5. The molecule has 0 aliphatic carbocycles. The predicted molar refractivity (Wildman–Crippen MR) is 71.0 cm³/mol. The molecule has 0 unspecified atom stereocenters. The maximum absolute atomic E-state index is 5.67. The smallest absolute Gasteiger partial charge is 0.0314 e. The first-order valence-corrected chi connectivity index (χ1v) is 5.38. The summed E-state index contributed by atoms with van der Waals surface area (Å²) < 4.78 is 0. The van der Waals surface area contributed by atoms with Crippen LogP contribution in [0.5, 0.6) is 0 Å². The molecule has 2 rings (SSSR count). The SMILES string of the molecule is C/C=C\c1cccc(-c2ccc(N)cc2)c1. The monoisotopic (exact) mass is 209 g/mol. The Labute approximate surface area is 96.2 Å². The molecule has 0 saturated carbocycles. The lowest BCUT2D eigenvalue weighted by atomic mass is 10.0. The molecule has 0 aliphatic rings. The van der Waals surface area contributed by atoms with E-state index >= 15 is 0 Å². The molecule has 0 bridgehead atoms. The van der Waals surface area contributed by atoms with Crippen LogP contribution in [0, 0.1) is 0 Å². The lowest BCUT2D eigenvalue weighted by Crippen LogP contribution is -1.84. The number of hydrogen-bond donors (Lipinski definition) is 1. The van der Waals surface area contributed by atoms with Gasteiger partial charge in [-0.15, -0.1) is 0 Å². The van der Waals surface area contributed by atoms with Gasteiger partial charge < -0.3 is 5.73 Å². The van der Waals surface area contributed by atoms with E-state index in [4.69, 9.17) is 5.73 Å². The Morgan fingerprint density at radius 2 is 1.69 bits per heavy atom. The summed E-state index contributed by atoms with van der Waals surface area (Å²) >= 11 is 0. The minimum absolute atomic E-state index is 0.799. The van der Waals surface area contributed by atoms with Crippen LogP contribution >= 0.6 is 0 Å². The van der Waals surface area contributed by atoms with Crippen molar-refractivity contribution in [3.63, 3.8) is 0 Å². The van der Waals surface area contributed by atoms with Crippen LogP contribution in [0.15, 0.2) is 54.6 Å². The van der Waals surface area contributed by atoms with Gasteiger partial charge in [-0.3, -0.25) is 0 Å². The Morgan fingerprint density at radius 1 is 0.938 bits per heavy atom. The van der Waals surface area contributed by atoms with Gasteiger partial charge >= 0.3 is 0 Å². The molecule has 0 spiro atoms. The second-order valence-corrected chi connectivity index (χ2v) is 3.75. The Balaban J connectivity index is 2.40. The molecule has 2 aromatic rings. The van der Waals surface area contributed by atoms with E-state index in [1.54, 1.807) is 0 Å². The first-order chi connectivity index (χ1) is 7.79. The van der Waals surface area contributed by atoms with Gasteiger partial charge in [0.2, 0.25) is 0 Å². The van der Waals surface area contributed by atoms with Gasteiger partial charge in [0, 0.05) is 5.69 Å². The summed E-state index contributed by atoms with van der Waals surface area (Å²) in [6.45, 7) is 2.02. The van der Waals surface area contributed by atoms with E-state index in [-0.39, 0.29) is 0 Å². The van der Waals surface area contributed by atoms with Gasteiger partial charge in [0.05, 0.1) is 0 Å². The van der Waals surface area contributed by atoms with Gasteiger partial charge in [0.25, 0.3) is 0 Å². The number of nitrogen functional groups attached to an aromatic ring is 1. The van der Waals surface area contributed by atoms with E-state index in [1.165, 1.54) is 16.7 Å². The lowest BCUT2D eigenvalue weighted by Gasteiger charge is -2.03. The van der Waals surface area contributed by atoms with Crippen molar-refractivity contribution in [2.75, 3.05) is 5.73 Å². The van der Waals surface area contributed by atoms with E-state index in [0.717, 1.165) is 5.69 Å². The topological polar surface area (TPSA) is 26.0 Å². The van der Waals surface area contributed by atoms with Gasteiger partial charge in [-0.1, -0.05) is 42.5 Å². The number of anilines is 1. The normalized spacial score (nSPS) is 10.8. The fraction of sp³-hybridized carbons (Fsp3) is 0.0667. The molecule has 0 fully saturated rings. The Hall–Kier alpha value is -2.02. The third kappa shape index (κ3) is 2.31. The lowest BCUT2D eigenvalue weighted by molar-refractivity contribution is 1.59. The molecule has 0 atom stereocenters. The second-order valence-electron chi connectivity index (χ2n) is 3.75. The van der Waals surface area contributed by atoms with E-state index in [2.05, 4.69) is 30.3 Å². The average molecular weight is 209 g/mol. The fourth-order valence-corrected chi connectivity index (χ4v) is 1.69. The molecule has 1 nitrogen and oxygen atoms in total. The maximum atomic E-state index is 5.67. The van der Waals surface area contributed by atoms with E-state index in [1.807, 2.05) is 37.3 Å². The summed E-state index contributed by atoms with van der Waals surface area (Å²) in [5.74, 6) is 0. The first-order valence-electron chi connectivity index (χ1n) is 5.38. The number of nitrogens with two attached hydrogens (primary N) is 1. The van der Waals surface area contributed by atoms with Crippen LogP contribution < -0.4 is 5.73 Å². The van der Waals surface area contributed by atoms with Crippen LogP contribution in [0.25, 0.3) is 17.2 Å². The summed E-state index contributed by atoms with van der Waals surface area (Å²) in [6, 6.07) is 16.4. The summed E-state index contributed by atoms with van der Waals surface area (Å²) in [4.78, 5) is 0. The predicted octanol–water partition coefficient (Wildman–Crippen LogP) is 3.97. The standard InChI is InChI=1S/C15H15N/c1-2-4-12-5-3-6-14(11-12)13-7-9-15(16)10-8-13/h2-11H,16H2,1H3/b4-2-. The summed E-state index contributed by atoms with van der Waals surface area (Å²) in [7, 11) is 0. The van der Waals surface area contributed by atoms with Gasteiger partial charge in [-0.05, 0) is 41.8 Å². The molecule has 2 aromatic carbocycles. The van der Waals surface area contributed by atoms with Gasteiger partial charge in [-0.2, -0.15) is 0 Å². The van der Waals surface area contributed by atoms with Crippen LogP contribution in [-0.2, 0) is 0 Å². The number of benzene rings is 2. The summed E-state index contributed by atoms with van der Waals surface area (Å²) in [6.07, 6.45) is 4.14. The van der Waals surface area contributed by atoms with Crippen LogP contribution in [0.4, 0.5) is 5.69 Å². The number of rotatable bonds is 2. The van der Waals surface area contributed by atoms with Crippen molar-refractivity contribution in [1.82, 2.24) is 0 Å². The highest BCUT2D eigenvalue weighted by molar-refractivity contribution is 5.68. The van der Waals surface area contributed by atoms with Crippen molar-refractivity contribution < 1.29 is 0 Å². The second kappa shape index (κ2) is 4.67. The zero-order valence-electron chi connectivity index (χ0n) is 9.35. The zero-order chi connectivity index (χ0) is 11.4. The zero-order valence-corrected chi connectivity index (χ0v) is 9.35. The molecule has 16 heavy (non-hydrogen) atoms. The van der Waals surface area contributed by atoms with Crippen LogP contribution in [0.2, 0.25) is 0 Å². The van der Waals surface area contributed by atoms with Crippen LogP contribution in [0.1, 0.15) is 12.5 Å². The highest BCUT2D eigenvalue weighted by Gasteiger charge is 1.97. The molecule has 80 valence electrons. The highest BCUT2D eigenvalue weighted by Crippen LogP contribution is 2.21. The third-order valence-corrected chi connectivity index (χ3v) is 2.49. The minimum Gasteiger partial charge on any atom is -0.399 e. The van der Waals surface area contributed by atoms with Gasteiger partial charge in [0.15, 0.2) is 0 Å². The largest absolute Gasteiger partial charge is 0.399 e. The average Bonchev–Trinajstić information content (AvgIpc) is 2.31. The van der Waals surface area contributed by atoms with E-state index in [0.29, 0.717) is 0 Å². The van der Waals surface area contributed by atoms with Gasteiger partial charge in [0.1, 0.15) is 0 Å². The van der Waals surface area contributed by atoms with Crippen molar-refractivity contribution >= 4 is 11.8 Å². The maximum Gasteiger partial charge on any atom is 0.0314 e. The van der Waals surface area contributed by atoms with Crippen molar-refractivity contribution in [3.05, 3.63) is 60.2 Å². The third-order valence-electron chi connectivity index (χ3n) is 2.49. The molecule has 0 aliphatic heterocycles. The first kappa shape index (κ1) is 10.5. The quantitative estimate of drug-likeness (QED) is 0.744. The Bertz CT molecular complexity index is 495. The van der Waals surface area contributed by atoms with E-state index in [9.17, 15) is 0 Å². The molecule has 0 heterocycles. The van der Waals surface area contributed by atoms with Crippen LogP contribution in [0.3, 0.4) is 0 Å². The number of hydrogen-bond acceptors (Lipinski definition) is 1. The number of allylic oxidation sites excluding steroid dienone is 1. The van der Waals surface area contributed by atoms with Crippen LogP contribution in [-0.4, -0.2) is 0 Å². The fourth-order valence-electron chi connectivity index (χ4n) is 1.69. The molecular weight excluding hydrogens is 194 g/mol. The van der Waals surface area contributed by atoms with Crippen molar-refractivity contribution in [1.29, 1.82) is 0 Å². The van der Waals surface area contributed by atoms with Gasteiger partial charge in [-0.25, -0.2) is 0 Å². The molecular formula is C15H15N. The molecule has 0 aromatic heterocycles. The van der Waals surface area contributed by atoms with Crippen molar-refractivity contribution in [2.24, 2.45) is 0 Å². The molecule has 0 saturated heterocycles.